The first kappa shape index (κ1) is 13.8. The molecular weight excluding hydrogens is 250 g/mol. The van der Waals surface area contributed by atoms with Crippen LogP contribution in [0.15, 0.2) is 18.3 Å². The minimum atomic E-state index is -0.489. The molecule has 3 heterocycles. The van der Waals surface area contributed by atoms with E-state index in [1.807, 2.05) is 12.3 Å². The molecular formula is C16H25N3O. The maximum Gasteiger partial charge on any atom is 0.0931 e. The zero-order chi connectivity index (χ0) is 14.1. The van der Waals surface area contributed by atoms with Crippen LogP contribution >= 0.6 is 0 Å². The smallest absolute Gasteiger partial charge is 0.0931 e. The third-order valence-electron chi connectivity index (χ3n) is 4.72. The van der Waals surface area contributed by atoms with Crippen LogP contribution < -0.4 is 4.90 Å². The topological polar surface area (TPSA) is 39.6 Å². The highest BCUT2D eigenvalue weighted by Gasteiger charge is 2.33. The first-order valence-corrected chi connectivity index (χ1v) is 7.80. The van der Waals surface area contributed by atoms with E-state index < -0.39 is 6.10 Å². The van der Waals surface area contributed by atoms with E-state index in [9.17, 15) is 5.11 Å². The number of pyridine rings is 1. The molecule has 2 unspecified atom stereocenters. The molecule has 1 N–H and O–H groups in total. The van der Waals surface area contributed by atoms with Crippen molar-refractivity contribution in [3.8, 4) is 0 Å². The molecule has 3 rings (SSSR count). The second-order valence-corrected chi connectivity index (χ2v) is 6.26. The summed E-state index contributed by atoms with van der Waals surface area (Å²) in [5.74, 6) is 0. The molecule has 0 aromatic carbocycles. The van der Waals surface area contributed by atoms with Gasteiger partial charge in [0, 0.05) is 25.2 Å². The van der Waals surface area contributed by atoms with Crippen molar-refractivity contribution < 1.29 is 5.11 Å². The van der Waals surface area contributed by atoms with Gasteiger partial charge < -0.3 is 10.0 Å². The molecule has 0 aliphatic carbocycles. The molecule has 1 aromatic rings. The van der Waals surface area contributed by atoms with E-state index in [2.05, 4.69) is 27.8 Å². The summed E-state index contributed by atoms with van der Waals surface area (Å²) in [6.45, 7) is 7.58. The van der Waals surface area contributed by atoms with E-state index >= 15 is 0 Å². The fraction of sp³-hybridized carbons (Fsp3) is 0.688. The van der Waals surface area contributed by atoms with Crippen molar-refractivity contribution in [3.05, 3.63) is 24.0 Å². The molecule has 0 radical (unpaired) electrons. The summed E-state index contributed by atoms with van der Waals surface area (Å²) >= 11 is 0. The Labute approximate surface area is 121 Å². The van der Waals surface area contributed by atoms with Crippen LogP contribution in [0.2, 0.25) is 0 Å². The standard InChI is InChI=1S/C16H25N3O/c1-12-10-18-8-4-3-5-15(18)11-19(12)14-6-7-16(13(2)20)17-9-14/h6-7,9,12-13,15,20H,3-5,8,10-11H2,1-2H3/t12?,13-,15?/m1/s1. The molecule has 4 heteroatoms. The zero-order valence-electron chi connectivity index (χ0n) is 12.5. The number of hydrogen-bond acceptors (Lipinski definition) is 4. The van der Waals surface area contributed by atoms with Gasteiger partial charge >= 0.3 is 0 Å². The van der Waals surface area contributed by atoms with Gasteiger partial charge in [-0.05, 0) is 45.4 Å². The van der Waals surface area contributed by atoms with Gasteiger partial charge in [0.2, 0.25) is 0 Å². The molecule has 2 aliphatic rings. The maximum atomic E-state index is 9.55. The average molecular weight is 275 g/mol. The Balaban J connectivity index is 1.75. The van der Waals surface area contributed by atoms with Crippen molar-refractivity contribution in [1.82, 2.24) is 9.88 Å². The quantitative estimate of drug-likeness (QED) is 0.898. The highest BCUT2D eigenvalue weighted by molar-refractivity contribution is 5.46. The predicted molar refractivity (Wildman–Crippen MR) is 80.9 cm³/mol. The molecule has 20 heavy (non-hydrogen) atoms. The lowest BCUT2D eigenvalue weighted by Crippen LogP contribution is -2.58. The largest absolute Gasteiger partial charge is 0.387 e. The van der Waals surface area contributed by atoms with Gasteiger partial charge in [-0.15, -0.1) is 0 Å². The van der Waals surface area contributed by atoms with Crippen LogP contribution in [-0.4, -0.2) is 46.7 Å². The minimum absolute atomic E-state index is 0.489. The summed E-state index contributed by atoms with van der Waals surface area (Å²) in [4.78, 5) is 9.52. The van der Waals surface area contributed by atoms with Crippen LogP contribution in [0.1, 0.15) is 44.9 Å². The number of piperidine rings is 1. The lowest BCUT2D eigenvalue weighted by atomic mass is 9.97. The highest BCUT2D eigenvalue weighted by Crippen LogP contribution is 2.28. The Morgan fingerprint density at radius 2 is 2.15 bits per heavy atom. The van der Waals surface area contributed by atoms with Crippen molar-refractivity contribution in [2.45, 2.75) is 51.3 Å². The normalized spacial score (nSPS) is 29.1. The van der Waals surface area contributed by atoms with Crippen molar-refractivity contribution in [1.29, 1.82) is 0 Å². The van der Waals surface area contributed by atoms with E-state index in [1.165, 1.54) is 31.5 Å². The van der Waals surface area contributed by atoms with Crippen LogP contribution in [0.4, 0.5) is 5.69 Å². The van der Waals surface area contributed by atoms with Crippen LogP contribution in [0.25, 0.3) is 0 Å². The third kappa shape index (κ3) is 2.67. The van der Waals surface area contributed by atoms with E-state index in [-0.39, 0.29) is 0 Å². The van der Waals surface area contributed by atoms with Gasteiger partial charge in [-0.2, -0.15) is 0 Å². The van der Waals surface area contributed by atoms with Gasteiger partial charge in [-0.1, -0.05) is 6.42 Å². The highest BCUT2D eigenvalue weighted by atomic mass is 16.3. The van der Waals surface area contributed by atoms with Crippen LogP contribution in [0.5, 0.6) is 0 Å². The van der Waals surface area contributed by atoms with E-state index in [4.69, 9.17) is 0 Å². The van der Waals surface area contributed by atoms with Crippen molar-refractivity contribution >= 4 is 5.69 Å². The molecule has 110 valence electrons. The molecule has 2 aliphatic heterocycles. The molecule has 1 aromatic heterocycles. The number of aliphatic hydroxyl groups is 1. The fourth-order valence-corrected chi connectivity index (χ4v) is 3.53. The summed E-state index contributed by atoms with van der Waals surface area (Å²) in [5.41, 5.74) is 1.94. The number of aromatic nitrogens is 1. The first-order valence-electron chi connectivity index (χ1n) is 7.80. The number of aliphatic hydroxyl groups excluding tert-OH is 1. The molecule has 3 atom stereocenters. The summed E-state index contributed by atoms with van der Waals surface area (Å²) in [6, 6.07) is 5.28. The van der Waals surface area contributed by atoms with Crippen LogP contribution in [0.3, 0.4) is 0 Å². The lowest BCUT2D eigenvalue weighted by molar-refractivity contribution is 0.115. The number of hydrogen-bond donors (Lipinski definition) is 1. The number of fused-ring (bicyclic) bond motifs is 1. The number of nitrogens with zero attached hydrogens (tertiary/aromatic N) is 3. The lowest BCUT2D eigenvalue weighted by Gasteiger charge is -2.48. The van der Waals surface area contributed by atoms with Gasteiger partial charge in [0.1, 0.15) is 0 Å². The predicted octanol–water partition coefficient (Wildman–Crippen LogP) is 2.20. The zero-order valence-corrected chi connectivity index (χ0v) is 12.5. The molecule has 0 saturated carbocycles. The van der Waals surface area contributed by atoms with Gasteiger partial charge in [0.25, 0.3) is 0 Å². The molecule has 2 fully saturated rings. The van der Waals surface area contributed by atoms with Gasteiger partial charge in [0.05, 0.1) is 23.7 Å². The van der Waals surface area contributed by atoms with E-state index in [0.29, 0.717) is 12.1 Å². The summed E-state index contributed by atoms with van der Waals surface area (Å²) in [5, 5.41) is 9.55. The molecule has 0 amide bonds. The minimum Gasteiger partial charge on any atom is -0.387 e. The monoisotopic (exact) mass is 275 g/mol. The fourth-order valence-electron chi connectivity index (χ4n) is 3.53. The molecule has 0 bridgehead atoms. The Bertz CT molecular complexity index is 446. The SMILES string of the molecule is CC1CN2CCCCC2CN1c1ccc([C@@H](C)O)nc1. The summed E-state index contributed by atoms with van der Waals surface area (Å²) in [6.07, 6.45) is 5.47. The molecule has 2 saturated heterocycles. The second kappa shape index (κ2) is 5.70. The second-order valence-electron chi connectivity index (χ2n) is 6.26. The number of anilines is 1. The molecule has 0 spiro atoms. The average Bonchev–Trinajstić information content (AvgIpc) is 2.46. The summed E-state index contributed by atoms with van der Waals surface area (Å²) in [7, 11) is 0. The van der Waals surface area contributed by atoms with E-state index in [0.717, 1.165) is 18.8 Å². The van der Waals surface area contributed by atoms with Gasteiger partial charge in [-0.25, -0.2) is 0 Å². The summed E-state index contributed by atoms with van der Waals surface area (Å²) < 4.78 is 0. The first-order chi connectivity index (χ1) is 9.65. The number of piperazine rings is 1. The van der Waals surface area contributed by atoms with Gasteiger partial charge in [0.15, 0.2) is 0 Å². The van der Waals surface area contributed by atoms with Crippen LogP contribution in [0, 0.1) is 0 Å². The third-order valence-corrected chi connectivity index (χ3v) is 4.72. The van der Waals surface area contributed by atoms with Crippen LogP contribution in [-0.2, 0) is 0 Å². The van der Waals surface area contributed by atoms with Crippen molar-refractivity contribution in [2.24, 2.45) is 0 Å². The van der Waals surface area contributed by atoms with Gasteiger partial charge in [-0.3, -0.25) is 9.88 Å². The maximum absolute atomic E-state index is 9.55. The Hall–Kier alpha value is -1.13. The number of rotatable bonds is 2. The Morgan fingerprint density at radius 3 is 2.85 bits per heavy atom. The van der Waals surface area contributed by atoms with Crippen molar-refractivity contribution in [3.63, 3.8) is 0 Å². The van der Waals surface area contributed by atoms with E-state index in [1.54, 1.807) is 6.92 Å². The van der Waals surface area contributed by atoms with Crippen molar-refractivity contribution in [2.75, 3.05) is 24.5 Å². The Kier molecular flexibility index (Phi) is 3.94. The molecule has 4 nitrogen and oxygen atoms in total. The Morgan fingerprint density at radius 1 is 1.30 bits per heavy atom.